The number of para-hydroxylation sites is 2. The lowest BCUT2D eigenvalue weighted by Crippen LogP contribution is -1.91. The molecule has 0 aliphatic heterocycles. The number of fused-ring (bicyclic) bond motifs is 12. The largest absolute Gasteiger partial charge is 0.455 e. The first-order valence-corrected chi connectivity index (χ1v) is 18.5. The highest BCUT2D eigenvalue weighted by Gasteiger charge is 2.22. The SMILES string of the molecule is c1ccc(-c2c3cccc(-c4cc5ccccc5c5c4oc4ccccc45)c3cc3c(-c4cc5ccccc5c5c4oc4ccccc45)cccc23)cc1. The second-order valence-electron chi connectivity index (χ2n) is 14.3. The standard InChI is InChI=1S/C52H30O2/c1-2-14-31(15-3-1)48-38-24-12-22-36(44-28-32-16-4-6-18-34(32)49-40-20-8-10-26-46(40)53-51(44)49)42(38)30-43-37(23-13-25-39(43)48)45-29-33-17-5-7-19-35(33)50-41-21-9-11-27-47(41)54-52(45)50/h1-30H. The highest BCUT2D eigenvalue weighted by atomic mass is 16.3. The van der Waals surface area contributed by atoms with E-state index in [0.717, 1.165) is 66.1 Å². The Morgan fingerprint density at radius 3 is 1.22 bits per heavy atom. The molecular weight excluding hydrogens is 657 g/mol. The molecule has 10 aromatic carbocycles. The Bertz CT molecular complexity index is 3280. The minimum absolute atomic E-state index is 0.897. The van der Waals surface area contributed by atoms with Gasteiger partial charge >= 0.3 is 0 Å². The fourth-order valence-corrected chi connectivity index (χ4v) is 9.10. The lowest BCUT2D eigenvalue weighted by atomic mass is 9.85. The summed E-state index contributed by atoms with van der Waals surface area (Å²) in [5.41, 5.74) is 10.5. The van der Waals surface area contributed by atoms with Crippen LogP contribution in [0.2, 0.25) is 0 Å². The molecule has 0 aliphatic rings. The first kappa shape index (κ1) is 29.4. The summed E-state index contributed by atoms with van der Waals surface area (Å²) in [5.74, 6) is 0. The van der Waals surface area contributed by atoms with E-state index in [9.17, 15) is 0 Å². The molecule has 2 heterocycles. The van der Waals surface area contributed by atoms with Gasteiger partial charge in [-0.15, -0.1) is 0 Å². The summed E-state index contributed by atoms with van der Waals surface area (Å²) in [6.07, 6.45) is 0. The molecule has 12 aromatic rings. The van der Waals surface area contributed by atoms with Gasteiger partial charge in [-0.05, 0) is 95.7 Å². The highest BCUT2D eigenvalue weighted by molar-refractivity contribution is 6.27. The van der Waals surface area contributed by atoms with E-state index in [4.69, 9.17) is 8.83 Å². The zero-order chi connectivity index (χ0) is 35.3. The maximum atomic E-state index is 6.80. The fraction of sp³-hybridized carbons (Fsp3) is 0. The Labute approximate surface area is 310 Å². The zero-order valence-corrected chi connectivity index (χ0v) is 29.1. The van der Waals surface area contributed by atoms with E-state index in [0.29, 0.717) is 0 Å². The highest BCUT2D eigenvalue weighted by Crippen LogP contribution is 2.48. The number of benzene rings is 10. The average Bonchev–Trinajstić information content (AvgIpc) is 3.82. The average molecular weight is 687 g/mol. The molecule has 250 valence electrons. The smallest absolute Gasteiger partial charge is 0.143 e. The molecule has 0 saturated heterocycles. The van der Waals surface area contributed by atoms with Gasteiger partial charge in [-0.2, -0.15) is 0 Å². The van der Waals surface area contributed by atoms with Gasteiger partial charge in [-0.1, -0.05) is 152 Å². The van der Waals surface area contributed by atoms with Crippen LogP contribution in [0.1, 0.15) is 0 Å². The van der Waals surface area contributed by atoms with Gasteiger partial charge in [0.05, 0.1) is 0 Å². The molecule has 0 N–H and O–H groups in total. The van der Waals surface area contributed by atoms with Crippen molar-refractivity contribution in [2.45, 2.75) is 0 Å². The van der Waals surface area contributed by atoms with Crippen LogP contribution in [-0.4, -0.2) is 0 Å². The second kappa shape index (κ2) is 11.2. The predicted molar refractivity (Wildman–Crippen MR) is 227 cm³/mol. The van der Waals surface area contributed by atoms with Gasteiger partial charge in [0.25, 0.3) is 0 Å². The quantitative estimate of drug-likeness (QED) is 0.173. The Hall–Kier alpha value is -7.16. The molecule has 2 heteroatoms. The molecule has 0 bridgehead atoms. The van der Waals surface area contributed by atoms with Crippen LogP contribution in [0.25, 0.3) is 120 Å². The minimum atomic E-state index is 0.897. The van der Waals surface area contributed by atoms with E-state index in [1.54, 1.807) is 0 Å². The van der Waals surface area contributed by atoms with Crippen molar-refractivity contribution >= 4 is 87.0 Å². The van der Waals surface area contributed by atoms with E-state index >= 15 is 0 Å². The van der Waals surface area contributed by atoms with Crippen LogP contribution in [0.4, 0.5) is 0 Å². The third-order valence-corrected chi connectivity index (χ3v) is 11.4. The number of furan rings is 2. The van der Waals surface area contributed by atoms with Crippen molar-refractivity contribution in [2.75, 3.05) is 0 Å². The van der Waals surface area contributed by atoms with Crippen molar-refractivity contribution in [3.63, 3.8) is 0 Å². The van der Waals surface area contributed by atoms with Crippen molar-refractivity contribution in [3.8, 4) is 33.4 Å². The topological polar surface area (TPSA) is 26.3 Å². The Morgan fingerprint density at radius 2 is 0.704 bits per heavy atom. The molecular formula is C52H30O2. The summed E-state index contributed by atoms with van der Waals surface area (Å²) in [6, 6.07) is 65.5. The molecule has 0 spiro atoms. The fourth-order valence-electron chi connectivity index (χ4n) is 9.10. The summed E-state index contributed by atoms with van der Waals surface area (Å²) in [7, 11) is 0. The van der Waals surface area contributed by atoms with Crippen molar-refractivity contribution < 1.29 is 8.83 Å². The van der Waals surface area contributed by atoms with Gasteiger partial charge in [0, 0.05) is 32.7 Å². The van der Waals surface area contributed by atoms with Crippen LogP contribution in [0.15, 0.2) is 191 Å². The van der Waals surface area contributed by atoms with Gasteiger partial charge in [0.2, 0.25) is 0 Å². The summed E-state index contributed by atoms with van der Waals surface area (Å²) in [6.45, 7) is 0. The lowest BCUT2D eigenvalue weighted by Gasteiger charge is -2.18. The number of hydrogen-bond acceptors (Lipinski definition) is 2. The summed E-state index contributed by atoms with van der Waals surface area (Å²) < 4.78 is 13.6. The van der Waals surface area contributed by atoms with Gasteiger partial charge < -0.3 is 8.83 Å². The van der Waals surface area contributed by atoms with Crippen LogP contribution in [-0.2, 0) is 0 Å². The van der Waals surface area contributed by atoms with Gasteiger partial charge in [0.15, 0.2) is 0 Å². The molecule has 2 nitrogen and oxygen atoms in total. The van der Waals surface area contributed by atoms with E-state index in [2.05, 4.69) is 182 Å². The molecule has 0 amide bonds. The normalized spacial score (nSPS) is 12.1. The van der Waals surface area contributed by atoms with Gasteiger partial charge in [-0.25, -0.2) is 0 Å². The van der Waals surface area contributed by atoms with Crippen molar-refractivity contribution in [1.82, 2.24) is 0 Å². The molecule has 0 unspecified atom stereocenters. The Morgan fingerprint density at radius 1 is 0.278 bits per heavy atom. The molecule has 0 atom stereocenters. The third kappa shape index (κ3) is 4.11. The van der Waals surface area contributed by atoms with Crippen LogP contribution in [0.3, 0.4) is 0 Å². The van der Waals surface area contributed by atoms with Crippen molar-refractivity contribution in [2.24, 2.45) is 0 Å². The second-order valence-corrected chi connectivity index (χ2v) is 14.3. The molecule has 0 radical (unpaired) electrons. The molecule has 54 heavy (non-hydrogen) atoms. The third-order valence-electron chi connectivity index (χ3n) is 11.4. The van der Waals surface area contributed by atoms with Crippen LogP contribution >= 0.6 is 0 Å². The summed E-state index contributed by atoms with van der Waals surface area (Å²) in [4.78, 5) is 0. The van der Waals surface area contributed by atoms with Crippen LogP contribution in [0.5, 0.6) is 0 Å². The first-order valence-electron chi connectivity index (χ1n) is 18.5. The zero-order valence-electron chi connectivity index (χ0n) is 29.1. The van der Waals surface area contributed by atoms with E-state index in [1.807, 2.05) is 0 Å². The Kier molecular flexibility index (Phi) is 6.09. The van der Waals surface area contributed by atoms with Crippen molar-refractivity contribution in [3.05, 3.63) is 182 Å². The molecule has 0 saturated carbocycles. The van der Waals surface area contributed by atoms with E-state index < -0.39 is 0 Å². The van der Waals surface area contributed by atoms with Crippen LogP contribution < -0.4 is 0 Å². The molecule has 2 aromatic heterocycles. The number of rotatable bonds is 3. The maximum Gasteiger partial charge on any atom is 0.143 e. The van der Waals surface area contributed by atoms with Crippen molar-refractivity contribution in [1.29, 1.82) is 0 Å². The van der Waals surface area contributed by atoms with E-state index in [1.165, 1.54) is 54.2 Å². The molecule has 0 fully saturated rings. The Balaban J connectivity index is 1.25. The first-order chi connectivity index (χ1) is 26.8. The molecule has 0 aliphatic carbocycles. The predicted octanol–water partition coefficient (Wildman–Crippen LogP) is 15.1. The van der Waals surface area contributed by atoms with E-state index in [-0.39, 0.29) is 0 Å². The minimum Gasteiger partial charge on any atom is -0.455 e. The summed E-state index contributed by atoms with van der Waals surface area (Å²) >= 11 is 0. The maximum absolute atomic E-state index is 6.80. The van der Waals surface area contributed by atoms with Crippen LogP contribution in [0, 0.1) is 0 Å². The summed E-state index contributed by atoms with van der Waals surface area (Å²) in [5, 5.41) is 14.1. The monoisotopic (exact) mass is 686 g/mol. The van der Waals surface area contributed by atoms with Gasteiger partial charge in [0.1, 0.15) is 22.3 Å². The van der Waals surface area contributed by atoms with Gasteiger partial charge in [-0.3, -0.25) is 0 Å². The lowest BCUT2D eigenvalue weighted by molar-refractivity contribution is 0.670. The molecule has 12 rings (SSSR count). The number of hydrogen-bond donors (Lipinski definition) is 0.